The highest BCUT2D eigenvalue weighted by Gasteiger charge is 2.25. The number of ether oxygens (including phenoxy) is 2. The van der Waals surface area contributed by atoms with Crippen molar-refractivity contribution in [2.45, 2.75) is 38.8 Å². The van der Waals surface area contributed by atoms with Gasteiger partial charge in [0.1, 0.15) is 29.0 Å². The highest BCUT2D eigenvalue weighted by Crippen LogP contribution is 2.27. The van der Waals surface area contributed by atoms with Gasteiger partial charge in [-0.2, -0.15) is 0 Å². The first-order valence-electron chi connectivity index (χ1n) is 10.8. The van der Waals surface area contributed by atoms with Gasteiger partial charge in [-0.05, 0) is 96.9 Å². The fourth-order valence-corrected chi connectivity index (χ4v) is 3.65. The molecule has 0 fully saturated rings. The number of carbonyl (C=O) groups excluding carboxylic acids is 2. The van der Waals surface area contributed by atoms with E-state index in [1.807, 2.05) is 24.3 Å². The maximum Gasteiger partial charge on any atom is 0.408 e. The van der Waals surface area contributed by atoms with Crippen molar-refractivity contribution in [1.82, 2.24) is 5.32 Å². The molecule has 0 spiro atoms. The Hall–Kier alpha value is -2.91. The Morgan fingerprint density at radius 1 is 0.943 bits per heavy atom. The van der Waals surface area contributed by atoms with Gasteiger partial charge in [-0.25, -0.2) is 9.18 Å². The molecule has 0 bridgehead atoms. The number of nitrogens with one attached hydrogen (secondary N) is 2. The van der Waals surface area contributed by atoms with E-state index in [9.17, 15) is 14.0 Å². The van der Waals surface area contributed by atoms with Crippen molar-refractivity contribution in [3.63, 3.8) is 0 Å². The Labute approximate surface area is 220 Å². The molecule has 9 heteroatoms. The van der Waals surface area contributed by atoms with E-state index >= 15 is 0 Å². The molecule has 6 nitrogen and oxygen atoms in total. The molecule has 0 aliphatic rings. The lowest BCUT2D eigenvalue weighted by molar-refractivity contribution is -0.118. The normalized spacial score (nSPS) is 11.9. The van der Waals surface area contributed by atoms with Gasteiger partial charge in [-0.15, -0.1) is 0 Å². The van der Waals surface area contributed by atoms with E-state index in [0.29, 0.717) is 21.7 Å². The molecule has 3 aromatic rings. The van der Waals surface area contributed by atoms with Gasteiger partial charge in [0.25, 0.3) is 0 Å². The van der Waals surface area contributed by atoms with Crippen LogP contribution >= 0.6 is 31.9 Å². The fraction of sp³-hybridized carbons (Fsp3) is 0.231. The van der Waals surface area contributed by atoms with E-state index in [2.05, 4.69) is 42.5 Å². The summed E-state index contributed by atoms with van der Waals surface area (Å²) in [5.74, 6) is 0.203. The summed E-state index contributed by atoms with van der Waals surface area (Å²) in [5, 5.41) is 5.48. The summed E-state index contributed by atoms with van der Waals surface area (Å²) < 4.78 is 25.7. The van der Waals surface area contributed by atoms with Gasteiger partial charge in [0.15, 0.2) is 0 Å². The lowest BCUT2D eigenvalue weighted by atomic mass is 10.1. The van der Waals surface area contributed by atoms with Gasteiger partial charge in [0.05, 0.1) is 4.47 Å². The Morgan fingerprint density at radius 2 is 1.57 bits per heavy atom. The van der Waals surface area contributed by atoms with Crippen LogP contribution in [0.2, 0.25) is 0 Å². The molecule has 184 valence electrons. The molecule has 3 aromatic carbocycles. The van der Waals surface area contributed by atoms with Gasteiger partial charge in [-0.1, -0.05) is 28.1 Å². The van der Waals surface area contributed by atoms with Crippen molar-refractivity contribution < 1.29 is 23.5 Å². The van der Waals surface area contributed by atoms with Crippen molar-refractivity contribution >= 4 is 49.5 Å². The van der Waals surface area contributed by atoms with E-state index in [1.165, 1.54) is 18.2 Å². The maximum atomic E-state index is 13.4. The van der Waals surface area contributed by atoms with Crippen LogP contribution in [0, 0.1) is 5.82 Å². The first-order valence-corrected chi connectivity index (χ1v) is 12.3. The maximum absolute atomic E-state index is 13.4. The average Bonchev–Trinajstić information content (AvgIpc) is 2.77. The molecule has 0 saturated heterocycles. The summed E-state index contributed by atoms with van der Waals surface area (Å²) in [6.45, 7) is 5.26. The number of amides is 2. The molecule has 0 unspecified atom stereocenters. The zero-order valence-corrected chi connectivity index (χ0v) is 22.6. The van der Waals surface area contributed by atoms with Crippen LogP contribution in [0.4, 0.5) is 14.9 Å². The fourth-order valence-electron chi connectivity index (χ4n) is 3.03. The summed E-state index contributed by atoms with van der Waals surface area (Å²) in [5.41, 5.74) is 0.701. The Morgan fingerprint density at radius 3 is 2.17 bits per heavy atom. The largest absolute Gasteiger partial charge is 0.457 e. The van der Waals surface area contributed by atoms with Gasteiger partial charge < -0.3 is 20.1 Å². The zero-order chi connectivity index (χ0) is 25.6. The molecule has 1 atom stereocenters. The van der Waals surface area contributed by atoms with Crippen molar-refractivity contribution in [2.24, 2.45) is 0 Å². The molecule has 0 heterocycles. The minimum absolute atomic E-state index is 0.277. The van der Waals surface area contributed by atoms with Gasteiger partial charge >= 0.3 is 6.09 Å². The zero-order valence-electron chi connectivity index (χ0n) is 19.4. The minimum Gasteiger partial charge on any atom is -0.457 e. The molecule has 0 aromatic heterocycles. The Balaban J connectivity index is 1.69. The lowest BCUT2D eigenvalue weighted by Gasteiger charge is -2.23. The van der Waals surface area contributed by atoms with E-state index in [-0.39, 0.29) is 12.2 Å². The second kappa shape index (κ2) is 11.7. The lowest BCUT2D eigenvalue weighted by Crippen LogP contribution is -2.47. The standard InChI is InChI=1S/C26H25Br2FN2O4/c1-26(2,3)35-25(33)31-23(14-16-4-6-17(27)7-5-16)24(32)30-18-8-10-19(11-9-18)34-20-12-13-22(29)21(28)15-20/h4-13,15,23H,14H2,1-3H3,(H,30,32)(H,31,33)/t23-/m0/s1. The molecule has 0 aliphatic carbocycles. The van der Waals surface area contributed by atoms with Crippen LogP contribution < -0.4 is 15.4 Å². The summed E-state index contributed by atoms with van der Waals surface area (Å²) >= 11 is 6.52. The minimum atomic E-state index is -0.862. The molecular weight excluding hydrogens is 583 g/mol. The predicted molar refractivity (Wildman–Crippen MR) is 140 cm³/mol. The Bertz CT molecular complexity index is 1180. The SMILES string of the molecule is CC(C)(C)OC(=O)N[C@@H](Cc1ccc(Br)cc1)C(=O)Nc1ccc(Oc2ccc(F)c(Br)c2)cc1. The van der Waals surface area contributed by atoms with Gasteiger partial charge in [0, 0.05) is 16.6 Å². The molecule has 2 N–H and O–H groups in total. The molecule has 0 radical (unpaired) electrons. The third-order valence-electron chi connectivity index (χ3n) is 4.61. The van der Waals surface area contributed by atoms with Crippen LogP contribution in [0.1, 0.15) is 26.3 Å². The predicted octanol–water partition coefficient (Wildman–Crippen LogP) is 7.22. The molecule has 0 saturated carbocycles. The highest BCUT2D eigenvalue weighted by atomic mass is 79.9. The number of anilines is 1. The van der Waals surface area contributed by atoms with E-state index in [0.717, 1.165) is 10.0 Å². The highest BCUT2D eigenvalue weighted by molar-refractivity contribution is 9.10. The number of halogens is 3. The van der Waals surface area contributed by atoms with Crippen LogP contribution in [-0.2, 0) is 16.0 Å². The first-order chi connectivity index (χ1) is 16.5. The second-order valence-corrected chi connectivity index (χ2v) is 10.5. The van der Waals surface area contributed by atoms with Gasteiger partial charge in [0.2, 0.25) is 5.91 Å². The third-order valence-corrected chi connectivity index (χ3v) is 5.75. The molecule has 35 heavy (non-hydrogen) atoms. The summed E-state index contributed by atoms with van der Waals surface area (Å²) in [6.07, 6.45) is -0.400. The number of alkyl carbamates (subject to hydrolysis) is 1. The quantitative estimate of drug-likeness (QED) is 0.297. The van der Waals surface area contributed by atoms with E-state index in [1.54, 1.807) is 45.0 Å². The summed E-state index contributed by atoms with van der Waals surface area (Å²) in [4.78, 5) is 25.4. The summed E-state index contributed by atoms with van der Waals surface area (Å²) in [6, 6.07) is 17.7. The van der Waals surface area contributed by atoms with E-state index < -0.39 is 23.6 Å². The number of rotatable bonds is 7. The van der Waals surface area contributed by atoms with E-state index in [4.69, 9.17) is 9.47 Å². The summed E-state index contributed by atoms with van der Waals surface area (Å²) in [7, 11) is 0. The van der Waals surface area contributed by atoms with Crippen LogP contribution in [-0.4, -0.2) is 23.6 Å². The Kier molecular flexibility index (Phi) is 8.91. The number of hydrogen-bond acceptors (Lipinski definition) is 4. The van der Waals surface area contributed by atoms with Crippen molar-refractivity contribution in [2.75, 3.05) is 5.32 Å². The number of carbonyl (C=O) groups is 2. The first kappa shape index (κ1) is 26.7. The van der Waals surface area contributed by atoms with Crippen molar-refractivity contribution in [1.29, 1.82) is 0 Å². The van der Waals surface area contributed by atoms with Crippen LogP contribution in [0.15, 0.2) is 75.7 Å². The van der Waals surface area contributed by atoms with Crippen LogP contribution in [0.3, 0.4) is 0 Å². The second-order valence-electron chi connectivity index (χ2n) is 8.72. The third kappa shape index (κ3) is 8.67. The van der Waals surface area contributed by atoms with Gasteiger partial charge in [-0.3, -0.25) is 4.79 Å². The number of benzene rings is 3. The van der Waals surface area contributed by atoms with Crippen LogP contribution in [0.5, 0.6) is 11.5 Å². The van der Waals surface area contributed by atoms with Crippen molar-refractivity contribution in [3.05, 3.63) is 87.1 Å². The number of hydrogen-bond donors (Lipinski definition) is 2. The molecule has 3 rings (SSSR count). The molecule has 0 aliphatic heterocycles. The van der Waals surface area contributed by atoms with Crippen LogP contribution in [0.25, 0.3) is 0 Å². The smallest absolute Gasteiger partial charge is 0.408 e. The topological polar surface area (TPSA) is 76.7 Å². The monoisotopic (exact) mass is 606 g/mol. The molecular formula is C26H25Br2FN2O4. The molecule has 2 amide bonds. The van der Waals surface area contributed by atoms with Crippen molar-refractivity contribution in [3.8, 4) is 11.5 Å². The average molecular weight is 608 g/mol.